The second-order valence-corrected chi connectivity index (χ2v) is 8.13. The maximum Gasteiger partial charge on any atom is 0.206 e. The number of rotatable bonds is 4. The monoisotopic (exact) mass is 208 g/mol. The minimum atomic E-state index is -1.94. The van der Waals surface area contributed by atoms with Gasteiger partial charge in [-0.1, -0.05) is 41.7 Å². The first-order valence-corrected chi connectivity index (χ1v) is 7.57. The third-order valence-corrected chi connectivity index (χ3v) is 5.63. The zero-order valence-electron chi connectivity index (χ0n) is 7.54. The van der Waals surface area contributed by atoms with Gasteiger partial charge in [0.1, 0.15) is 0 Å². The number of halogens is 1. The fourth-order valence-electron chi connectivity index (χ4n) is 1.14. The molecule has 0 aliphatic heterocycles. The summed E-state index contributed by atoms with van der Waals surface area (Å²) in [6.07, 6.45) is 0. The van der Waals surface area contributed by atoms with Gasteiger partial charge in [0.25, 0.3) is 0 Å². The molecule has 68 valence electrons. The molecule has 0 atom stereocenters. The van der Waals surface area contributed by atoms with Crippen molar-refractivity contribution in [2.75, 3.05) is 0 Å². The Morgan fingerprint density at radius 3 is 2.15 bits per heavy atom. The Morgan fingerprint density at radius 1 is 1.15 bits per heavy atom. The van der Waals surface area contributed by atoms with E-state index in [1.165, 1.54) is 5.56 Å². The molecule has 0 aromatic heterocycles. The van der Waals surface area contributed by atoms with E-state index in [0.29, 0.717) is 0 Å². The number of hydrogen-bond acceptors (Lipinski definition) is 0. The molecule has 0 heterocycles. The molecular formula is C11H13ClSi. The van der Waals surface area contributed by atoms with Crippen molar-refractivity contribution in [2.45, 2.75) is 6.04 Å². The van der Waals surface area contributed by atoms with Crippen LogP contribution in [0.5, 0.6) is 0 Å². The van der Waals surface area contributed by atoms with Gasteiger partial charge in [-0.15, -0.1) is 13.2 Å². The van der Waals surface area contributed by atoms with Crippen molar-refractivity contribution in [3.05, 3.63) is 60.5 Å². The summed E-state index contributed by atoms with van der Waals surface area (Å²) in [6, 6.07) is 11.1. The van der Waals surface area contributed by atoms with Gasteiger partial charge in [-0.2, -0.15) is 11.1 Å². The molecule has 0 amide bonds. The maximum atomic E-state index is 6.35. The van der Waals surface area contributed by atoms with Crippen LogP contribution in [-0.4, -0.2) is 7.38 Å². The van der Waals surface area contributed by atoms with E-state index >= 15 is 0 Å². The lowest BCUT2D eigenvalue weighted by atomic mass is 10.2. The molecule has 1 rings (SSSR count). The molecular weight excluding hydrogens is 196 g/mol. The van der Waals surface area contributed by atoms with Crippen LogP contribution >= 0.6 is 11.1 Å². The summed E-state index contributed by atoms with van der Waals surface area (Å²) in [4.78, 5) is 0. The predicted molar refractivity (Wildman–Crippen MR) is 62.1 cm³/mol. The van der Waals surface area contributed by atoms with Gasteiger partial charge in [0.05, 0.1) is 0 Å². The van der Waals surface area contributed by atoms with Crippen LogP contribution in [0.3, 0.4) is 0 Å². The fourth-order valence-corrected chi connectivity index (χ4v) is 2.92. The van der Waals surface area contributed by atoms with E-state index in [0.717, 1.165) is 6.04 Å². The molecule has 0 radical (unpaired) electrons. The van der Waals surface area contributed by atoms with Gasteiger partial charge in [0, 0.05) is 0 Å². The van der Waals surface area contributed by atoms with Crippen LogP contribution in [0, 0.1) is 0 Å². The first kappa shape index (κ1) is 10.3. The Hall–Kier alpha value is -0.793. The third kappa shape index (κ3) is 2.87. The quantitative estimate of drug-likeness (QED) is 0.526. The van der Waals surface area contributed by atoms with Crippen molar-refractivity contribution in [1.82, 2.24) is 0 Å². The van der Waals surface area contributed by atoms with E-state index in [4.69, 9.17) is 11.1 Å². The average Bonchev–Trinajstić information content (AvgIpc) is 2.19. The van der Waals surface area contributed by atoms with E-state index in [-0.39, 0.29) is 0 Å². The topological polar surface area (TPSA) is 0 Å². The molecule has 1 aromatic carbocycles. The average molecular weight is 209 g/mol. The van der Waals surface area contributed by atoms with E-state index in [2.05, 4.69) is 25.3 Å². The normalized spacial score (nSPS) is 10.8. The molecule has 0 nitrogen and oxygen atoms in total. The molecule has 0 saturated heterocycles. The first-order valence-electron chi connectivity index (χ1n) is 4.20. The smallest absolute Gasteiger partial charge is 0.156 e. The Morgan fingerprint density at radius 2 is 1.69 bits per heavy atom. The van der Waals surface area contributed by atoms with E-state index in [1.807, 2.05) is 29.6 Å². The summed E-state index contributed by atoms with van der Waals surface area (Å²) < 4.78 is 0. The zero-order valence-corrected chi connectivity index (χ0v) is 9.30. The molecule has 0 aliphatic rings. The maximum absolute atomic E-state index is 6.35. The lowest BCUT2D eigenvalue weighted by molar-refractivity contribution is 1.37. The van der Waals surface area contributed by atoms with E-state index < -0.39 is 7.38 Å². The summed E-state index contributed by atoms with van der Waals surface area (Å²) in [5.74, 6) is 0. The molecule has 0 bridgehead atoms. The van der Waals surface area contributed by atoms with Crippen molar-refractivity contribution in [3.8, 4) is 0 Å². The highest BCUT2D eigenvalue weighted by atomic mass is 35.6. The number of hydrogen-bond donors (Lipinski definition) is 0. The van der Waals surface area contributed by atoms with Crippen LogP contribution < -0.4 is 0 Å². The molecule has 0 N–H and O–H groups in total. The molecule has 0 unspecified atom stereocenters. The fraction of sp³-hybridized carbons (Fsp3) is 0.0909. The van der Waals surface area contributed by atoms with Crippen LogP contribution in [0.1, 0.15) is 5.56 Å². The van der Waals surface area contributed by atoms with E-state index in [1.54, 1.807) is 0 Å². The molecule has 13 heavy (non-hydrogen) atoms. The molecule has 0 saturated carbocycles. The summed E-state index contributed by atoms with van der Waals surface area (Å²) in [6.45, 7) is 7.52. The number of benzene rings is 1. The molecule has 1 aromatic rings. The summed E-state index contributed by atoms with van der Waals surface area (Å²) >= 11 is 6.35. The van der Waals surface area contributed by atoms with Crippen LogP contribution in [0.2, 0.25) is 0 Å². The van der Waals surface area contributed by atoms with Crippen LogP contribution in [0.15, 0.2) is 54.9 Å². The van der Waals surface area contributed by atoms with Gasteiger partial charge >= 0.3 is 0 Å². The first-order chi connectivity index (χ1) is 6.20. The highest BCUT2D eigenvalue weighted by molar-refractivity contribution is 7.25. The summed E-state index contributed by atoms with van der Waals surface area (Å²) in [5, 5.41) is 0. The molecule has 0 fully saturated rings. The lowest BCUT2D eigenvalue weighted by Crippen LogP contribution is -2.25. The Labute approximate surface area is 85.3 Å². The van der Waals surface area contributed by atoms with Crippen LogP contribution in [-0.2, 0) is 6.04 Å². The van der Waals surface area contributed by atoms with Gasteiger partial charge in [-0.05, 0) is 11.6 Å². The lowest BCUT2D eigenvalue weighted by Gasteiger charge is -2.14. The van der Waals surface area contributed by atoms with Crippen molar-refractivity contribution in [2.24, 2.45) is 0 Å². The van der Waals surface area contributed by atoms with Crippen molar-refractivity contribution in [3.63, 3.8) is 0 Å². The molecule has 2 heteroatoms. The van der Waals surface area contributed by atoms with Crippen molar-refractivity contribution >= 4 is 18.5 Å². The molecule has 0 spiro atoms. The van der Waals surface area contributed by atoms with Crippen molar-refractivity contribution in [1.29, 1.82) is 0 Å². The standard InChI is InChI=1S/C11H13ClSi/c1-3-13(12,4-2)10-11-8-6-5-7-9-11/h3-9H,1-2,10H2. The van der Waals surface area contributed by atoms with Crippen LogP contribution in [0.25, 0.3) is 0 Å². The third-order valence-electron chi connectivity index (χ3n) is 2.00. The Bertz CT molecular complexity index is 284. The Balaban J connectivity index is 2.79. The second-order valence-electron chi connectivity index (χ2n) is 3.00. The molecule has 0 aliphatic carbocycles. The van der Waals surface area contributed by atoms with Crippen LogP contribution in [0.4, 0.5) is 0 Å². The minimum absolute atomic E-state index is 0.877. The zero-order chi connectivity index (χ0) is 9.73. The van der Waals surface area contributed by atoms with Gasteiger partial charge in [-0.25, -0.2) is 0 Å². The summed E-state index contributed by atoms with van der Waals surface area (Å²) in [7, 11) is -1.94. The van der Waals surface area contributed by atoms with Crippen molar-refractivity contribution < 1.29 is 0 Å². The van der Waals surface area contributed by atoms with E-state index in [9.17, 15) is 0 Å². The van der Waals surface area contributed by atoms with Gasteiger partial charge in [0.2, 0.25) is 7.38 Å². The van der Waals surface area contributed by atoms with Gasteiger partial charge < -0.3 is 0 Å². The minimum Gasteiger partial charge on any atom is -0.156 e. The Kier molecular flexibility index (Phi) is 3.52. The highest BCUT2D eigenvalue weighted by Gasteiger charge is 2.22. The largest absolute Gasteiger partial charge is 0.206 e. The predicted octanol–water partition coefficient (Wildman–Crippen LogP) is 3.40. The summed E-state index contributed by atoms with van der Waals surface area (Å²) in [5.41, 5.74) is 4.97. The highest BCUT2D eigenvalue weighted by Crippen LogP contribution is 2.17. The second kappa shape index (κ2) is 4.45. The van der Waals surface area contributed by atoms with Gasteiger partial charge in [-0.3, -0.25) is 0 Å². The van der Waals surface area contributed by atoms with Gasteiger partial charge in [0.15, 0.2) is 0 Å². The SMILES string of the molecule is C=C[Si](Cl)(C=C)Cc1ccccc1.